The molecule has 1 atom stereocenters. The molecule has 5 nitrogen and oxygen atoms in total. The number of likely N-dealkylation sites (tertiary alicyclic amines) is 1. The van der Waals surface area contributed by atoms with Crippen molar-refractivity contribution in [3.8, 4) is 0 Å². The normalized spacial score (nSPS) is 26.5. The maximum absolute atomic E-state index is 12.4. The monoisotopic (exact) mass is 286 g/mol. The highest BCUT2D eigenvalue weighted by Gasteiger charge is 2.38. The number of carboxylic acids is 1. The van der Waals surface area contributed by atoms with Crippen LogP contribution in [-0.4, -0.2) is 57.7 Å². The molecule has 2 heterocycles. The Labute approximate surface area is 118 Å². The highest BCUT2D eigenvalue weighted by molar-refractivity contribution is 7.99. The number of rotatable bonds is 2. The van der Waals surface area contributed by atoms with E-state index < -0.39 is 12.0 Å². The third-order valence-corrected chi connectivity index (χ3v) is 5.52. The minimum atomic E-state index is -0.895. The molecule has 2 rings (SSSR count). The van der Waals surface area contributed by atoms with Crippen LogP contribution in [0.3, 0.4) is 0 Å². The molecule has 0 saturated carbocycles. The van der Waals surface area contributed by atoms with Gasteiger partial charge in [0, 0.05) is 18.8 Å². The molecule has 1 N–H and O–H groups in total. The lowest BCUT2D eigenvalue weighted by atomic mass is 9.78. The number of nitrogens with zero attached hydrogens (tertiary/aromatic N) is 2. The van der Waals surface area contributed by atoms with Crippen molar-refractivity contribution in [2.75, 3.05) is 24.7 Å². The summed E-state index contributed by atoms with van der Waals surface area (Å²) in [6.45, 7) is 5.95. The fraction of sp³-hybridized carbons (Fsp3) is 0.846. The van der Waals surface area contributed by atoms with Crippen molar-refractivity contribution >= 4 is 23.8 Å². The smallest absolute Gasteiger partial charge is 0.327 e. The van der Waals surface area contributed by atoms with Gasteiger partial charge in [-0.1, -0.05) is 20.3 Å². The van der Waals surface area contributed by atoms with Crippen LogP contribution in [0.15, 0.2) is 0 Å². The molecule has 0 aromatic heterocycles. The van der Waals surface area contributed by atoms with E-state index in [1.807, 2.05) is 4.90 Å². The van der Waals surface area contributed by atoms with Gasteiger partial charge in [0.25, 0.3) is 0 Å². The van der Waals surface area contributed by atoms with Crippen LogP contribution < -0.4 is 0 Å². The van der Waals surface area contributed by atoms with Gasteiger partial charge in [0.2, 0.25) is 0 Å². The number of hydrogen-bond acceptors (Lipinski definition) is 3. The molecule has 0 aliphatic carbocycles. The molecule has 0 radical (unpaired) electrons. The van der Waals surface area contributed by atoms with Crippen LogP contribution >= 0.6 is 11.8 Å². The standard InChI is InChI=1S/C13H22N2O3S/c1-3-13(2)4-6-14(7-5-13)12(18)15-9-19-8-10(15)11(16)17/h10H,3-9H2,1-2H3,(H,16,17)/t10-/m0/s1. The maximum Gasteiger partial charge on any atom is 0.327 e. The minimum absolute atomic E-state index is 0.101. The number of carbonyl (C=O) groups excluding carboxylic acids is 1. The molecule has 2 amide bonds. The van der Waals surface area contributed by atoms with Gasteiger partial charge >= 0.3 is 12.0 Å². The van der Waals surface area contributed by atoms with Crippen LogP contribution in [-0.2, 0) is 4.79 Å². The van der Waals surface area contributed by atoms with Gasteiger partial charge in [0.15, 0.2) is 0 Å². The summed E-state index contributed by atoms with van der Waals surface area (Å²) in [4.78, 5) is 26.8. The van der Waals surface area contributed by atoms with Gasteiger partial charge in [-0.15, -0.1) is 11.8 Å². The lowest BCUT2D eigenvalue weighted by Crippen LogP contribution is -2.51. The van der Waals surface area contributed by atoms with Crippen LogP contribution in [0.4, 0.5) is 4.79 Å². The Balaban J connectivity index is 1.96. The largest absolute Gasteiger partial charge is 0.480 e. The van der Waals surface area contributed by atoms with E-state index in [2.05, 4.69) is 13.8 Å². The Hall–Kier alpha value is -0.910. The van der Waals surface area contributed by atoms with E-state index in [0.717, 1.165) is 32.4 Å². The Bertz CT molecular complexity index is 367. The van der Waals surface area contributed by atoms with Crippen LogP contribution in [0, 0.1) is 5.41 Å². The molecule has 0 bridgehead atoms. The lowest BCUT2D eigenvalue weighted by Gasteiger charge is -2.40. The number of piperidine rings is 1. The second-order valence-corrected chi connectivity index (χ2v) is 6.76. The van der Waals surface area contributed by atoms with Crippen LogP contribution in [0.5, 0.6) is 0 Å². The molecule has 0 spiro atoms. The fourth-order valence-corrected chi connectivity index (χ4v) is 3.75. The number of aliphatic carboxylic acids is 1. The Morgan fingerprint density at radius 3 is 2.53 bits per heavy atom. The number of carbonyl (C=O) groups is 2. The summed E-state index contributed by atoms with van der Waals surface area (Å²) in [5, 5.41) is 9.13. The van der Waals surface area contributed by atoms with Gasteiger partial charge < -0.3 is 14.9 Å². The second-order valence-electron chi connectivity index (χ2n) is 5.76. The quantitative estimate of drug-likeness (QED) is 0.844. The molecule has 2 aliphatic heterocycles. The molecule has 0 aromatic carbocycles. The van der Waals surface area contributed by atoms with Gasteiger partial charge in [0.05, 0.1) is 5.88 Å². The van der Waals surface area contributed by atoms with Gasteiger partial charge in [-0.3, -0.25) is 0 Å². The number of hydrogen-bond donors (Lipinski definition) is 1. The van der Waals surface area contributed by atoms with Crippen molar-refractivity contribution < 1.29 is 14.7 Å². The fourth-order valence-electron chi connectivity index (χ4n) is 2.61. The van der Waals surface area contributed by atoms with Crippen molar-refractivity contribution in [2.45, 2.75) is 39.2 Å². The van der Waals surface area contributed by atoms with Crippen molar-refractivity contribution in [2.24, 2.45) is 5.41 Å². The van der Waals surface area contributed by atoms with Gasteiger partial charge in [-0.05, 0) is 18.3 Å². The summed E-state index contributed by atoms with van der Waals surface area (Å²) in [7, 11) is 0. The van der Waals surface area contributed by atoms with E-state index in [0.29, 0.717) is 17.0 Å². The molecule has 0 unspecified atom stereocenters. The first-order valence-electron chi connectivity index (χ1n) is 6.83. The van der Waals surface area contributed by atoms with Crippen molar-refractivity contribution in [3.63, 3.8) is 0 Å². The van der Waals surface area contributed by atoms with E-state index in [1.54, 1.807) is 0 Å². The third kappa shape index (κ3) is 2.99. The molecule has 108 valence electrons. The predicted molar refractivity (Wildman–Crippen MR) is 75.2 cm³/mol. The van der Waals surface area contributed by atoms with E-state index >= 15 is 0 Å². The second kappa shape index (κ2) is 5.61. The average Bonchev–Trinajstić information content (AvgIpc) is 2.88. The molecular weight excluding hydrogens is 264 g/mol. The summed E-state index contributed by atoms with van der Waals surface area (Å²) >= 11 is 1.51. The topological polar surface area (TPSA) is 60.9 Å². The van der Waals surface area contributed by atoms with E-state index in [9.17, 15) is 9.59 Å². The molecule has 2 saturated heterocycles. The van der Waals surface area contributed by atoms with E-state index in [-0.39, 0.29) is 6.03 Å². The van der Waals surface area contributed by atoms with Gasteiger partial charge in [0.1, 0.15) is 6.04 Å². The summed E-state index contributed by atoms with van der Waals surface area (Å²) in [5.41, 5.74) is 0.336. The van der Waals surface area contributed by atoms with Crippen molar-refractivity contribution in [3.05, 3.63) is 0 Å². The molecular formula is C13H22N2O3S. The van der Waals surface area contributed by atoms with Crippen LogP contribution in [0.2, 0.25) is 0 Å². The summed E-state index contributed by atoms with van der Waals surface area (Å²) in [6.07, 6.45) is 3.15. The SMILES string of the molecule is CCC1(C)CCN(C(=O)N2CSC[C@H]2C(=O)O)CC1. The zero-order valence-electron chi connectivity index (χ0n) is 11.6. The molecule has 0 aromatic rings. The number of urea groups is 1. The number of amides is 2. The Kier molecular flexibility index (Phi) is 4.28. The van der Waals surface area contributed by atoms with Crippen LogP contribution in [0.1, 0.15) is 33.1 Å². The minimum Gasteiger partial charge on any atom is -0.480 e. The van der Waals surface area contributed by atoms with Gasteiger partial charge in [-0.25, -0.2) is 9.59 Å². The molecule has 6 heteroatoms. The first kappa shape index (κ1) is 14.5. The Morgan fingerprint density at radius 1 is 1.37 bits per heavy atom. The average molecular weight is 286 g/mol. The molecule has 19 heavy (non-hydrogen) atoms. The summed E-state index contributed by atoms with van der Waals surface area (Å²) in [5.74, 6) is 0.104. The number of carboxylic acid groups (broad SMARTS) is 1. The first-order valence-corrected chi connectivity index (χ1v) is 7.98. The number of thioether (sulfide) groups is 1. The predicted octanol–water partition coefficient (Wildman–Crippen LogP) is 2.08. The van der Waals surface area contributed by atoms with Crippen molar-refractivity contribution in [1.29, 1.82) is 0 Å². The van der Waals surface area contributed by atoms with Crippen LogP contribution in [0.25, 0.3) is 0 Å². The highest BCUT2D eigenvalue weighted by atomic mass is 32.2. The van der Waals surface area contributed by atoms with Crippen molar-refractivity contribution in [1.82, 2.24) is 9.80 Å². The third-order valence-electron chi connectivity index (χ3n) is 4.51. The summed E-state index contributed by atoms with van der Waals surface area (Å²) < 4.78 is 0. The Morgan fingerprint density at radius 2 is 2.00 bits per heavy atom. The molecule has 2 fully saturated rings. The zero-order chi connectivity index (χ0) is 14.0. The lowest BCUT2D eigenvalue weighted by molar-refractivity contribution is -0.141. The van der Waals surface area contributed by atoms with E-state index in [1.165, 1.54) is 16.7 Å². The first-order chi connectivity index (χ1) is 8.97. The zero-order valence-corrected chi connectivity index (χ0v) is 12.4. The van der Waals surface area contributed by atoms with Gasteiger partial charge in [-0.2, -0.15) is 0 Å². The highest BCUT2D eigenvalue weighted by Crippen LogP contribution is 2.34. The summed E-state index contributed by atoms with van der Waals surface area (Å²) in [6, 6.07) is -0.757. The molecule has 2 aliphatic rings. The maximum atomic E-state index is 12.4. The van der Waals surface area contributed by atoms with E-state index in [4.69, 9.17) is 5.11 Å².